The molecule has 1 aliphatic heterocycles. The van der Waals surface area contributed by atoms with Crippen LogP contribution in [-0.2, 0) is 4.79 Å². The van der Waals surface area contributed by atoms with E-state index in [0.717, 1.165) is 6.42 Å². The molecule has 0 aliphatic carbocycles. The Hall–Kier alpha value is -2.10. The molecule has 1 unspecified atom stereocenters. The highest BCUT2D eigenvalue weighted by Crippen LogP contribution is 2.15. The SMILES string of the molecule is CCC(C)C(=O)Nc1cccc(C(=O)N2CC=CC2)c1. The van der Waals surface area contributed by atoms with Crippen LogP contribution in [0.2, 0.25) is 0 Å². The first-order valence-electron chi connectivity index (χ1n) is 6.97. The zero-order valence-electron chi connectivity index (χ0n) is 11.9. The molecule has 0 fully saturated rings. The Morgan fingerprint density at radius 2 is 2.00 bits per heavy atom. The summed E-state index contributed by atoms with van der Waals surface area (Å²) in [5, 5.41) is 2.85. The molecule has 4 heteroatoms. The summed E-state index contributed by atoms with van der Waals surface area (Å²) >= 11 is 0. The number of rotatable bonds is 4. The van der Waals surface area contributed by atoms with Crippen molar-refractivity contribution in [2.75, 3.05) is 18.4 Å². The number of amides is 2. The van der Waals surface area contributed by atoms with Gasteiger partial charge in [-0.25, -0.2) is 0 Å². The van der Waals surface area contributed by atoms with E-state index in [9.17, 15) is 9.59 Å². The van der Waals surface area contributed by atoms with Gasteiger partial charge in [0.05, 0.1) is 0 Å². The monoisotopic (exact) mass is 272 g/mol. The van der Waals surface area contributed by atoms with Crippen LogP contribution >= 0.6 is 0 Å². The third-order valence-corrected chi connectivity index (χ3v) is 3.54. The van der Waals surface area contributed by atoms with E-state index >= 15 is 0 Å². The van der Waals surface area contributed by atoms with E-state index in [1.807, 2.05) is 26.0 Å². The lowest BCUT2D eigenvalue weighted by Gasteiger charge is -2.16. The molecule has 20 heavy (non-hydrogen) atoms. The van der Waals surface area contributed by atoms with Gasteiger partial charge in [-0.2, -0.15) is 0 Å². The van der Waals surface area contributed by atoms with Gasteiger partial charge in [0.1, 0.15) is 0 Å². The van der Waals surface area contributed by atoms with E-state index in [0.29, 0.717) is 24.3 Å². The van der Waals surface area contributed by atoms with Gasteiger partial charge < -0.3 is 10.2 Å². The van der Waals surface area contributed by atoms with Gasteiger partial charge >= 0.3 is 0 Å². The maximum absolute atomic E-state index is 12.2. The number of nitrogens with one attached hydrogen (secondary N) is 1. The van der Waals surface area contributed by atoms with E-state index in [4.69, 9.17) is 0 Å². The molecule has 1 aromatic carbocycles. The molecule has 1 aromatic rings. The lowest BCUT2D eigenvalue weighted by molar-refractivity contribution is -0.119. The van der Waals surface area contributed by atoms with Crippen molar-refractivity contribution in [3.63, 3.8) is 0 Å². The third-order valence-electron chi connectivity index (χ3n) is 3.54. The molecule has 1 aliphatic rings. The minimum atomic E-state index is -0.0304. The molecule has 2 amide bonds. The van der Waals surface area contributed by atoms with Crippen LogP contribution in [0, 0.1) is 5.92 Å². The van der Waals surface area contributed by atoms with Gasteiger partial charge in [-0.1, -0.05) is 32.1 Å². The molecule has 1 heterocycles. The highest BCUT2D eigenvalue weighted by Gasteiger charge is 2.17. The molecule has 2 rings (SSSR count). The molecule has 0 saturated carbocycles. The van der Waals surface area contributed by atoms with Crippen molar-refractivity contribution in [3.05, 3.63) is 42.0 Å². The second kappa shape index (κ2) is 6.37. The summed E-state index contributed by atoms with van der Waals surface area (Å²) < 4.78 is 0. The molecule has 106 valence electrons. The summed E-state index contributed by atoms with van der Waals surface area (Å²) in [5.74, 6) is -0.0493. The molecule has 0 saturated heterocycles. The van der Waals surface area contributed by atoms with Crippen molar-refractivity contribution in [1.82, 2.24) is 4.90 Å². The van der Waals surface area contributed by atoms with Gasteiger partial charge in [0.25, 0.3) is 5.91 Å². The zero-order valence-corrected chi connectivity index (χ0v) is 11.9. The van der Waals surface area contributed by atoms with Crippen molar-refractivity contribution < 1.29 is 9.59 Å². The normalized spacial score (nSPS) is 15.2. The fourth-order valence-corrected chi connectivity index (χ4v) is 2.01. The average molecular weight is 272 g/mol. The molecule has 4 nitrogen and oxygen atoms in total. The van der Waals surface area contributed by atoms with Crippen molar-refractivity contribution >= 4 is 17.5 Å². The molecular formula is C16H20N2O2. The number of anilines is 1. The molecule has 0 bridgehead atoms. The highest BCUT2D eigenvalue weighted by molar-refractivity contribution is 5.97. The average Bonchev–Trinajstić information content (AvgIpc) is 3.00. The number of carbonyl (C=O) groups excluding carboxylic acids is 2. The first-order chi connectivity index (χ1) is 9.61. The van der Waals surface area contributed by atoms with Crippen LogP contribution < -0.4 is 5.32 Å². The van der Waals surface area contributed by atoms with Gasteiger partial charge in [-0.15, -0.1) is 0 Å². The Labute approximate surface area is 119 Å². The van der Waals surface area contributed by atoms with Crippen molar-refractivity contribution in [1.29, 1.82) is 0 Å². The molecule has 0 aromatic heterocycles. The first kappa shape index (κ1) is 14.3. The Morgan fingerprint density at radius 1 is 1.30 bits per heavy atom. The Bertz CT molecular complexity index is 529. The third kappa shape index (κ3) is 3.26. The van der Waals surface area contributed by atoms with Gasteiger partial charge in [-0.05, 0) is 24.6 Å². The largest absolute Gasteiger partial charge is 0.331 e. The number of benzene rings is 1. The van der Waals surface area contributed by atoms with Crippen LogP contribution in [0.5, 0.6) is 0 Å². The molecule has 1 N–H and O–H groups in total. The Kier molecular flexibility index (Phi) is 4.56. The summed E-state index contributed by atoms with van der Waals surface area (Å²) in [5.41, 5.74) is 1.28. The maximum Gasteiger partial charge on any atom is 0.254 e. The van der Waals surface area contributed by atoms with Crippen LogP contribution in [0.25, 0.3) is 0 Å². The Morgan fingerprint density at radius 3 is 2.65 bits per heavy atom. The maximum atomic E-state index is 12.2. The Balaban J connectivity index is 2.07. The van der Waals surface area contributed by atoms with E-state index in [-0.39, 0.29) is 17.7 Å². The second-order valence-corrected chi connectivity index (χ2v) is 5.06. The second-order valence-electron chi connectivity index (χ2n) is 5.06. The molecular weight excluding hydrogens is 252 g/mol. The van der Waals surface area contributed by atoms with E-state index < -0.39 is 0 Å². The quantitative estimate of drug-likeness (QED) is 0.857. The van der Waals surface area contributed by atoms with Crippen molar-refractivity contribution in [2.45, 2.75) is 20.3 Å². The van der Waals surface area contributed by atoms with Crippen LogP contribution in [0.1, 0.15) is 30.6 Å². The molecule has 0 radical (unpaired) electrons. The summed E-state index contributed by atoms with van der Waals surface area (Å²) in [6.45, 7) is 5.18. The van der Waals surface area contributed by atoms with Crippen LogP contribution in [-0.4, -0.2) is 29.8 Å². The van der Waals surface area contributed by atoms with Crippen LogP contribution in [0.15, 0.2) is 36.4 Å². The lowest BCUT2D eigenvalue weighted by Crippen LogP contribution is -2.28. The van der Waals surface area contributed by atoms with Gasteiger partial charge in [0.2, 0.25) is 5.91 Å². The number of nitrogens with zero attached hydrogens (tertiary/aromatic N) is 1. The predicted octanol–water partition coefficient (Wildman–Crippen LogP) is 2.68. The van der Waals surface area contributed by atoms with Crippen molar-refractivity contribution in [2.24, 2.45) is 5.92 Å². The van der Waals surface area contributed by atoms with E-state index in [1.165, 1.54) is 0 Å². The zero-order chi connectivity index (χ0) is 14.5. The van der Waals surface area contributed by atoms with Crippen LogP contribution in [0.3, 0.4) is 0 Å². The lowest BCUT2D eigenvalue weighted by atomic mass is 10.1. The molecule has 0 spiro atoms. The van der Waals surface area contributed by atoms with Gasteiger partial charge in [-0.3, -0.25) is 9.59 Å². The van der Waals surface area contributed by atoms with Crippen LogP contribution in [0.4, 0.5) is 5.69 Å². The minimum absolute atomic E-state index is 0.00496. The number of hydrogen-bond donors (Lipinski definition) is 1. The smallest absolute Gasteiger partial charge is 0.254 e. The summed E-state index contributed by atoms with van der Waals surface area (Å²) in [4.78, 5) is 25.9. The summed E-state index contributed by atoms with van der Waals surface area (Å²) in [6, 6.07) is 7.11. The minimum Gasteiger partial charge on any atom is -0.331 e. The number of hydrogen-bond acceptors (Lipinski definition) is 2. The molecule has 1 atom stereocenters. The van der Waals surface area contributed by atoms with E-state index in [2.05, 4.69) is 5.32 Å². The highest BCUT2D eigenvalue weighted by atomic mass is 16.2. The standard InChI is InChI=1S/C16H20N2O2/c1-3-12(2)15(19)17-14-8-6-7-13(11-14)16(20)18-9-4-5-10-18/h4-8,11-12H,3,9-10H2,1-2H3,(H,17,19). The van der Waals surface area contributed by atoms with Crippen molar-refractivity contribution in [3.8, 4) is 0 Å². The fourth-order valence-electron chi connectivity index (χ4n) is 2.01. The summed E-state index contributed by atoms with van der Waals surface area (Å²) in [6.07, 6.45) is 4.75. The predicted molar refractivity (Wildman–Crippen MR) is 79.6 cm³/mol. The summed E-state index contributed by atoms with van der Waals surface area (Å²) in [7, 11) is 0. The first-order valence-corrected chi connectivity index (χ1v) is 6.97. The van der Waals surface area contributed by atoms with Gasteiger partial charge in [0.15, 0.2) is 0 Å². The van der Waals surface area contributed by atoms with Gasteiger partial charge in [0, 0.05) is 30.3 Å². The number of carbonyl (C=O) groups is 2. The fraction of sp³-hybridized carbons (Fsp3) is 0.375. The van der Waals surface area contributed by atoms with E-state index in [1.54, 1.807) is 29.2 Å². The topological polar surface area (TPSA) is 49.4 Å².